The van der Waals surface area contributed by atoms with Crippen molar-refractivity contribution in [3.05, 3.63) is 134 Å². The molecule has 6 heteroatoms. The Balaban J connectivity index is 4.23. The lowest BCUT2D eigenvalue weighted by Crippen LogP contribution is -2.30. The highest BCUT2D eigenvalue weighted by molar-refractivity contribution is 5.71. The van der Waals surface area contributed by atoms with Gasteiger partial charge >= 0.3 is 17.9 Å². The van der Waals surface area contributed by atoms with Gasteiger partial charge in [-0.2, -0.15) is 0 Å². The minimum atomic E-state index is -0.803. The summed E-state index contributed by atoms with van der Waals surface area (Å²) in [6.07, 6.45) is 93.4. The van der Waals surface area contributed by atoms with E-state index in [1.807, 2.05) is 0 Å². The first kappa shape index (κ1) is 74.5. The second-order valence-electron chi connectivity index (χ2n) is 21.3. The van der Waals surface area contributed by atoms with Crippen molar-refractivity contribution in [1.82, 2.24) is 0 Å². The Morgan fingerprint density at radius 3 is 0.797 bits per heavy atom. The average molecular weight is 1090 g/mol. The molecule has 0 aliphatic heterocycles. The largest absolute Gasteiger partial charge is 0.462 e. The number of ether oxygens (including phenoxy) is 3. The number of hydrogen-bond donors (Lipinski definition) is 0. The zero-order valence-electron chi connectivity index (χ0n) is 51.3. The van der Waals surface area contributed by atoms with E-state index in [4.69, 9.17) is 14.2 Å². The van der Waals surface area contributed by atoms with Gasteiger partial charge in [0, 0.05) is 19.3 Å². The zero-order chi connectivity index (χ0) is 57.1. The van der Waals surface area contributed by atoms with E-state index in [2.05, 4.69) is 154 Å². The summed E-state index contributed by atoms with van der Waals surface area (Å²) in [5.41, 5.74) is 0. The topological polar surface area (TPSA) is 78.9 Å². The maximum atomic E-state index is 12.9. The summed E-state index contributed by atoms with van der Waals surface area (Å²) < 4.78 is 16.8. The van der Waals surface area contributed by atoms with Gasteiger partial charge in [0.05, 0.1) is 0 Å². The third kappa shape index (κ3) is 64.3. The summed E-state index contributed by atoms with van der Waals surface area (Å²) in [5.74, 6) is -0.939. The molecule has 0 aromatic heterocycles. The molecule has 0 rings (SSSR count). The predicted octanol–water partition coefficient (Wildman–Crippen LogP) is 22.5. The van der Waals surface area contributed by atoms with E-state index in [1.54, 1.807) is 0 Å². The van der Waals surface area contributed by atoms with Crippen molar-refractivity contribution in [2.75, 3.05) is 13.2 Å². The van der Waals surface area contributed by atoms with Crippen LogP contribution in [0.2, 0.25) is 0 Å². The van der Waals surface area contributed by atoms with Gasteiger partial charge in [0.25, 0.3) is 0 Å². The molecule has 0 aliphatic rings. The molecule has 0 fully saturated rings. The minimum Gasteiger partial charge on any atom is -0.462 e. The summed E-state index contributed by atoms with van der Waals surface area (Å²) >= 11 is 0. The van der Waals surface area contributed by atoms with E-state index < -0.39 is 6.10 Å². The van der Waals surface area contributed by atoms with Gasteiger partial charge in [-0.05, 0) is 116 Å². The molecule has 0 heterocycles. The summed E-state index contributed by atoms with van der Waals surface area (Å²) in [7, 11) is 0. The molecule has 1 unspecified atom stereocenters. The number of carbonyl (C=O) groups excluding carboxylic acids is 3. The summed E-state index contributed by atoms with van der Waals surface area (Å²) in [6.45, 7) is 6.37. The Kier molecular flexibility index (Phi) is 62.3. The van der Waals surface area contributed by atoms with E-state index >= 15 is 0 Å². The van der Waals surface area contributed by atoms with E-state index in [0.29, 0.717) is 19.3 Å². The summed E-state index contributed by atoms with van der Waals surface area (Å²) in [4.78, 5) is 38.2. The first-order valence-electron chi connectivity index (χ1n) is 32.7. The molecular formula is C73H120O6. The molecule has 0 amide bonds. The van der Waals surface area contributed by atoms with Crippen LogP contribution in [0, 0.1) is 0 Å². The van der Waals surface area contributed by atoms with Crippen molar-refractivity contribution in [3.8, 4) is 0 Å². The normalized spacial score (nSPS) is 13.0. The van der Waals surface area contributed by atoms with E-state index in [0.717, 1.165) is 122 Å². The minimum absolute atomic E-state index is 0.0959. The number of rotatable bonds is 58. The lowest BCUT2D eigenvalue weighted by molar-refractivity contribution is -0.167. The van der Waals surface area contributed by atoms with Crippen molar-refractivity contribution >= 4 is 17.9 Å². The molecule has 0 saturated heterocycles. The second-order valence-corrected chi connectivity index (χ2v) is 21.3. The maximum absolute atomic E-state index is 12.9. The second kappa shape index (κ2) is 66.1. The number of carbonyl (C=O) groups is 3. The summed E-state index contributed by atoms with van der Waals surface area (Å²) in [5, 5.41) is 0. The van der Waals surface area contributed by atoms with Crippen LogP contribution in [0.3, 0.4) is 0 Å². The van der Waals surface area contributed by atoms with Crippen LogP contribution >= 0.6 is 0 Å². The highest BCUT2D eigenvalue weighted by Crippen LogP contribution is 2.16. The number of hydrogen-bond acceptors (Lipinski definition) is 6. The van der Waals surface area contributed by atoms with Gasteiger partial charge in [0.2, 0.25) is 0 Å². The van der Waals surface area contributed by atoms with Gasteiger partial charge in [-0.3, -0.25) is 14.4 Å². The SMILES string of the molecule is CC/C=C\C/C=C\C/C=C\C/C=C\C/C=C\C/C=C\CCCCC(=O)OC(COC(=O)CCCCCCCCCCC)COC(=O)CCCCCCCCCCCCCCCCC/C=C\C/C=C\C/C=C\C/C=C\C/C=C\CC. The zero-order valence-corrected chi connectivity index (χ0v) is 51.3. The lowest BCUT2D eigenvalue weighted by atomic mass is 10.0. The quantitative estimate of drug-likeness (QED) is 0.0261. The Bertz CT molecular complexity index is 1680. The molecule has 0 aromatic rings. The van der Waals surface area contributed by atoms with E-state index in [-0.39, 0.29) is 37.5 Å². The van der Waals surface area contributed by atoms with Crippen LogP contribution in [-0.4, -0.2) is 37.2 Å². The molecule has 1 atom stereocenters. The lowest BCUT2D eigenvalue weighted by Gasteiger charge is -2.18. The average Bonchev–Trinajstić information content (AvgIpc) is 3.45. The Labute approximate surface area is 487 Å². The molecule has 0 aliphatic carbocycles. The van der Waals surface area contributed by atoms with Crippen LogP contribution in [0.25, 0.3) is 0 Å². The fourth-order valence-electron chi connectivity index (χ4n) is 8.83. The summed E-state index contributed by atoms with van der Waals surface area (Å²) in [6, 6.07) is 0. The Hall–Kier alpha value is -4.45. The van der Waals surface area contributed by atoms with Crippen molar-refractivity contribution in [2.24, 2.45) is 0 Å². The molecule has 448 valence electrons. The van der Waals surface area contributed by atoms with Crippen LogP contribution in [0.4, 0.5) is 0 Å². The monoisotopic (exact) mass is 1090 g/mol. The number of unbranched alkanes of at least 4 members (excludes halogenated alkanes) is 25. The first-order chi connectivity index (χ1) is 39.0. The van der Waals surface area contributed by atoms with Crippen LogP contribution in [0.5, 0.6) is 0 Å². The van der Waals surface area contributed by atoms with Crippen molar-refractivity contribution < 1.29 is 28.6 Å². The predicted molar refractivity (Wildman–Crippen MR) is 343 cm³/mol. The molecule has 0 bridgehead atoms. The van der Waals surface area contributed by atoms with Crippen molar-refractivity contribution in [3.63, 3.8) is 0 Å². The van der Waals surface area contributed by atoms with Crippen molar-refractivity contribution in [2.45, 2.75) is 297 Å². The van der Waals surface area contributed by atoms with E-state index in [1.165, 1.54) is 122 Å². The maximum Gasteiger partial charge on any atom is 0.306 e. The highest BCUT2D eigenvalue weighted by atomic mass is 16.6. The van der Waals surface area contributed by atoms with Gasteiger partial charge < -0.3 is 14.2 Å². The van der Waals surface area contributed by atoms with Crippen LogP contribution in [0.15, 0.2) is 134 Å². The van der Waals surface area contributed by atoms with Crippen LogP contribution in [0.1, 0.15) is 290 Å². The molecule has 0 saturated carbocycles. The third-order valence-corrected chi connectivity index (χ3v) is 13.7. The Morgan fingerprint density at radius 1 is 0.266 bits per heavy atom. The van der Waals surface area contributed by atoms with Crippen LogP contribution < -0.4 is 0 Å². The molecular weight excluding hydrogens is 973 g/mol. The highest BCUT2D eigenvalue weighted by Gasteiger charge is 2.19. The first-order valence-corrected chi connectivity index (χ1v) is 32.7. The smallest absolute Gasteiger partial charge is 0.306 e. The molecule has 6 nitrogen and oxygen atoms in total. The molecule has 0 spiro atoms. The molecule has 0 N–H and O–H groups in total. The van der Waals surface area contributed by atoms with Gasteiger partial charge in [-0.1, -0.05) is 289 Å². The fourth-order valence-corrected chi connectivity index (χ4v) is 8.83. The van der Waals surface area contributed by atoms with Gasteiger partial charge in [0.15, 0.2) is 6.10 Å². The van der Waals surface area contributed by atoms with Crippen LogP contribution in [-0.2, 0) is 28.6 Å². The molecule has 79 heavy (non-hydrogen) atoms. The van der Waals surface area contributed by atoms with E-state index in [9.17, 15) is 14.4 Å². The van der Waals surface area contributed by atoms with Gasteiger partial charge in [0.1, 0.15) is 13.2 Å². The van der Waals surface area contributed by atoms with Crippen molar-refractivity contribution in [1.29, 1.82) is 0 Å². The number of esters is 3. The van der Waals surface area contributed by atoms with Gasteiger partial charge in [-0.25, -0.2) is 0 Å². The third-order valence-electron chi connectivity index (χ3n) is 13.7. The standard InChI is InChI=1S/C73H120O6/c1-4-7-10-13-16-19-21-23-25-27-29-31-32-33-34-35-36-37-38-39-40-42-43-45-47-49-51-54-57-60-63-66-72(75)78-69-70(68-77-71(74)65-62-59-56-53-18-15-12-9-6-3)79-73(76)67-64-61-58-55-52-50-48-46-44-41-30-28-26-24-22-20-17-14-11-8-5-2/h7-8,10-11,16-17,19-20,23-26,29-31,33-34,41,46,48,52,55,70H,4-6,9,12-15,18,21-22,27-28,32,35-40,42-45,47,49-51,53-54,56-69H2,1-3H3/b10-7-,11-8-,19-16-,20-17-,25-23-,26-24-,31-29-,34-33-,41-30-,48-46-,55-52-. The number of allylic oxidation sites excluding steroid dienone is 22. The molecule has 0 aromatic carbocycles. The Morgan fingerprint density at radius 2 is 0.494 bits per heavy atom. The molecule has 0 radical (unpaired) electrons. The van der Waals surface area contributed by atoms with Gasteiger partial charge in [-0.15, -0.1) is 0 Å². The fraction of sp³-hybridized carbons (Fsp3) is 0.658.